The number of hydrogen-bond donors (Lipinski definition) is 4. The zero-order chi connectivity index (χ0) is 18.1. The summed E-state index contributed by atoms with van der Waals surface area (Å²) in [7, 11) is 0. The van der Waals surface area contributed by atoms with Crippen LogP contribution in [0.4, 0.5) is 5.82 Å². The van der Waals surface area contributed by atoms with Crippen molar-refractivity contribution in [1.82, 2.24) is 20.2 Å². The van der Waals surface area contributed by atoms with Crippen LogP contribution >= 0.6 is 0 Å². The van der Waals surface area contributed by atoms with Gasteiger partial charge in [0.2, 0.25) is 0 Å². The number of piperidine rings is 1. The minimum atomic E-state index is -0.266. The van der Waals surface area contributed by atoms with Gasteiger partial charge in [-0.25, -0.2) is 4.98 Å². The van der Waals surface area contributed by atoms with Gasteiger partial charge in [-0.1, -0.05) is 6.07 Å². The topological polar surface area (TPSA) is 105 Å². The van der Waals surface area contributed by atoms with Gasteiger partial charge in [-0.3, -0.25) is 4.79 Å². The molecule has 7 nitrogen and oxygen atoms in total. The number of nitrogens with zero attached hydrogens (tertiary/aromatic N) is 2. The van der Waals surface area contributed by atoms with Gasteiger partial charge < -0.3 is 26.0 Å². The summed E-state index contributed by atoms with van der Waals surface area (Å²) in [4.78, 5) is 16.8. The van der Waals surface area contributed by atoms with Gasteiger partial charge in [0.25, 0.3) is 5.56 Å². The predicted molar refractivity (Wildman–Crippen MR) is 101 cm³/mol. The van der Waals surface area contributed by atoms with Crippen LogP contribution in [0.3, 0.4) is 0 Å². The molecule has 2 aliphatic heterocycles. The Bertz CT molecular complexity index is 851. The van der Waals surface area contributed by atoms with E-state index in [1.165, 1.54) is 5.56 Å². The number of phenolic OH excluding ortho intramolecular Hbond substituents is 1. The lowest BCUT2D eigenvalue weighted by molar-refractivity contribution is 0.364. The first-order valence-electron chi connectivity index (χ1n) is 9.27. The molecule has 0 radical (unpaired) electrons. The SMILES string of the molecule is Nc1nc(-c2cc(C3CCNC3)ccc2O)cn(C2CCCNC2)c1=O. The molecule has 2 atom stereocenters. The van der Waals surface area contributed by atoms with E-state index in [4.69, 9.17) is 5.73 Å². The molecule has 0 saturated carbocycles. The van der Waals surface area contributed by atoms with Crippen molar-refractivity contribution in [1.29, 1.82) is 0 Å². The highest BCUT2D eigenvalue weighted by molar-refractivity contribution is 5.68. The highest BCUT2D eigenvalue weighted by atomic mass is 16.3. The van der Waals surface area contributed by atoms with Gasteiger partial charge in [-0.15, -0.1) is 0 Å². The summed E-state index contributed by atoms with van der Waals surface area (Å²) in [5.74, 6) is 0.555. The smallest absolute Gasteiger partial charge is 0.293 e. The second-order valence-corrected chi connectivity index (χ2v) is 7.19. The lowest BCUT2D eigenvalue weighted by Gasteiger charge is -2.25. The standard InChI is InChI=1S/C19H25N5O2/c20-18-19(26)24(14-2-1-6-21-10-14)11-16(23-18)15-8-12(3-4-17(15)25)13-5-7-22-9-13/h3-4,8,11,13-14,21-22,25H,1-2,5-7,9-10H2,(H2,20,23). The summed E-state index contributed by atoms with van der Waals surface area (Å²) in [6.45, 7) is 3.65. The van der Waals surface area contributed by atoms with Crippen LogP contribution in [0.2, 0.25) is 0 Å². The lowest BCUT2D eigenvalue weighted by atomic mass is 9.95. The minimum absolute atomic E-state index is 0.0274. The molecule has 26 heavy (non-hydrogen) atoms. The molecule has 1 aromatic heterocycles. The number of anilines is 1. The average Bonchev–Trinajstić information content (AvgIpc) is 3.20. The molecule has 5 N–H and O–H groups in total. The van der Waals surface area contributed by atoms with Crippen molar-refractivity contribution >= 4 is 5.82 Å². The van der Waals surface area contributed by atoms with E-state index in [1.807, 2.05) is 12.1 Å². The fourth-order valence-corrected chi connectivity index (χ4v) is 3.95. The number of aromatic hydroxyl groups is 1. The molecule has 2 unspecified atom stereocenters. The van der Waals surface area contributed by atoms with Gasteiger partial charge in [0.05, 0.1) is 5.69 Å². The van der Waals surface area contributed by atoms with Crippen LogP contribution < -0.4 is 21.9 Å². The summed E-state index contributed by atoms with van der Waals surface area (Å²) >= 11 is 0. The summed E-state index contributed by atoms with van der Waals surface area (Å²) < 4.78 is 1.67. The number of rotatable bonds is 3. The fraction of sp³-hybridized carbons (Fsp3) is 0.474. The summed E-state index contributed by atoms with van der Waals surface area (Å²) in [6, 6.07) is 5.70. The molecule has 2 aromatic rings. The van der Waals surface area contributed by atoms with Crippen LogP contribution in [0.1, 0.15) is 36.8 Å². The third-order valence-corrected chi connectivity index (χ3v) is 5.45. The molecule has 4 rings (SSSR count). The van der Waals surface area contributed by atoms with Gasteiger partial charge in [-0.05, 0) is 56.0 Å². The maximum absolute atomic E-state index is 12.5. The van der Waals surface area contributed by atoms with E-state index in [9.17, 15) is 9.90 Å². The highest BCUT2D eigenvalue weighted by Gasteiger charge is 2.21. The van der Waals surface area contributed by atoms with Crippen molar-refractivity contribution in [3.8, 4) is 17.0 Å². The van der Waals surface area contributed by atoms with Crippen LogP contribution in [-0.2, 0) is 0 Å². The van der Waals surface area contributed by atoms with Crippen LogP contribution in [-0.4, -0.2) is 40.8 Å². The van der Waals surface area contributed by atoms with Gasteiger partial charge in [0.15, 0.2) is 5.82 Å². The fourth-order valence-electron chi connectivity index (χ4n) is 3.95. The molecule has 2 saturated heterocycles. The van der Waals surface area contributed by atoms with Crippen molar-refractivity contribution in [2.75, 3.05) is 31.9 Å². The molecule has 7 heteroatoms. The third-order valence-electron chi connectivity index (χ3n) is 5.45. The van der Waals surface area contributed by atoms with Crippen LogP contribution in [0.15, 0.2) is 29.2 Å². The summed E-state index contributed by atoms with van der Waals surface area (Å²) in [5, 5.41) is 17.1. The van der Waals surface area contributed by atoms with Crippen molar-refractivity contribution in [3.05, 3.63) is 40.3 Å². The van der Waals surface area contributed by atoms with E-state index in [1.54, 1.807) is 16.8 Å². The maximum atomic E-state index is 12.5. The van der Waals surface area contributed by atoms with E-state index in [0.717, 1.165) is 45.4 Å². The largest absolute Gasteiger partial charge is 0.507 e. The Morgan fingerprint density at radius 2 is 2.04 bits per heavy atom. The average molecular weight is 355 g/mol. The monoisotopic (exact) mass is 355 g/mol. The van der Waals surface area contributed by atoms with E-state index < -0.39 is 0 Å². The Hall–Kier alpha value is -2.38. The Morgan fingerprint density at radius 1 is 1.19 bits per heavy atom. The number of aromatic nitrogens is 2. The molecule has 0 aliphatic carbocycles. The summed E-state index contributed by atoms with van der Waals surface area (Å²) in [6.07, 6.45) is 4.76. The van der Waals surface area contributed by atoms with E-state index in [2.05, 4.69) is 15.6 Å². The number of benzene rings is 1. The molecule has 3 heterocycles. The molecule has 138 valence electrons. The zero-order valence-electron chi connectivity index (χ0n) is 14.7. The number of nitrogens with two attached hydrogens (primary N) is 1. The second-order valence-electron chi connectivity index (χ2n) is 7.19. The number of nitrogens with one attached hydrogen (secondary N) is 2. The van der Waals surface area contributed by atoms with Gasteiger partial charge >= 0.3 is 0 Å². The Balaban J connectivity index is 1.76. The number of nitrogen functional groups attached to an aromatic ring is 1. The molecule has 0 spiro atoms. The van der Waals surface area contributed by atoms with Crippen LogP contribution in [0.5, 0.6) is 5.75 Å². The number of hydrogen-bond acceptors (Lipinski definition) is 6. The van der Waals surface area contributed by atoms with Gasteiger partial charge in [0, 0.05) is 30.9 Å². The van der Waals surface area contributed by atoms with Crippen molar-refractivity contribution < 1.29 is 5.11 Å². The van der Waals surface area contributed by atoms with E-state index in [-0.39, 0.29) is 23.2 Å². The van der Waals surface area contributed by atoms with Crippen LogP contribution in [0.25, 0.3) is 11.3 Å². The van der Waals surface area contributed by atoms with Crippen molar-refractivity contribution in [2.45, 2.75) is 31.2 Å². The molecule has 0 bridgehead atoms. The zero-order valence-corrected chi connectivity index (χ0v) is 14.7. The maximum Gasteiger partial charge on any atom is 0.293 e. The normalized spacial score (nSPS) is 23.2. The third kappa shape index (κ3) is 3.20. The van der Waals surface area contributed by atoms with Gasteiger partial charge in [-0.2, -0.15) is 0 Å². The molecule has 2 fully saturated rings. The molecular formula is C19H25N5O2. The van der Waals surface area contributed by atoms with Crippen molar-refractivity contribution in [3.63, 3.8) is 0 Å². The first kappa shape index (κ1) is 17.1. The Kier molecular flexibility index (Phi) is 4.65. The second kappa shape index (κ2) is 7.09. The molecule has 2 aliphatic rings. The van der Waals surface area contributed by atoms with E-state index >= 15 is 0 Å². The lowest BCUT2D eigenvalue weighted by Crippen LogP contribution is -2.37. The first-order valence-corrected chi connectivity index (χ1v) is 9.27. The minimum Gasteiger partial charge on any atom is -0.507 e. The molecule has 0 amide bonds. The van der Waals surface area contributed by atoms with E-state index in [0.29, 0.717) is 17.2 Å². The van der Waals surface area contributed by atoms with Gasteiger partial charge in [0.1, 0.15) is 5.75 Å². The van der Waals surface area contributed by atoms with Crippen LogP contribution in [0, 0.1) is 0 Å². The Labute approximate surface area is 152 Å². The predicted octanol–water partition coefficient (Wildman–Crippen LogP) is 1.20. The first-order chi connectivity index (χ1) is 12.6. The summed E-state index contributed by atoms with van der Waals surface area (Å²) in [5.41, 5.74) is 7.98. The number of phenols is 1. The quantitative estimate of drug-likeness (QED) is 0.659. The molecule has 1 aromatic carbocycles. The van der Waals surface area contributed by atoms with Crippen molar-refractivity contribution in [2.24, 2.45) is 0 Å². The molecular weight excluding hydrogens is 330 g/mol. The highest BCUT2D eigenvalue weighted by Crippen LogP contribution is 2.33. The Morgan fingerprint density at radius 3 is 2.77 bits per heavy atom.